The molecule has 5 heteroatoms. The zero-order valence-corrected chi connectivity index (χ0v) is 10.1. The Kier molecular flexibility index (Phi) is 2.76. The van der Waals surface area contributed by atoms with Gasteiger partial charge in [0.25, 0.3) is 0 Å². The van der Waals surface area contributed by atoms with E-state index in [2.05, 4.69) is 10.2 Å². The van der Waals surface area contributed by atoms with Gasteiger partial charge in [0.1, 0.15) is 0 Å². The maximum Gasteiger partial charge on any atom is 0.223 e. The number of carbonyl (C=O) groups is 1. The Bertz CT molecular complexity index is 577. The number of nitrogens with zero attached hydrogens (tertiary/aromatic N) is 2. The van der Waals surface area contributed by atoms with Crippen LogP contribution >= 0.6 is 0 Å². The molecule has 3 N–H and O–H groups in total. The third kappa shape index (κ3) is 1.97. The van der Waals surface area contributed by atoms with E-state index in [0.29, 0.717) is 25.4 Å². The van der Waals surface area contributed by atoms with Crippen LogP contribution in [0.5, 0.6) is 0 Å². The SMILES string of the molecule is NCC1CC(=O)N(Cc2ccc3cn[nH]c3c2)C1. The zero-order chi connectivity index (χ0) is 12.5. The number of likely N-dealkylation sites (tertiary alicyclic amines) is 1. The van der Waals surface area contributed by atoms with Crippen molar-refractivity contribution in [2.45, 2.75) is 13.0 Å². The van der Waals surface area contributed by atoms with E-state index in [9.17, 15) is 4.79 Å². The second-order valence-corrected chi connectivity index (χ2v) is 4.87. The molecule has 3 rings (SSSR count). The number of aromatic nitrogens is 2. The maximum atomic E-state index is 11.8. The highest BCUT2D eigenvalue weighted by atomic mass is 16.2. The van der Waals surface area contributed by atoms with Crippen LogP contribution in [-0.4, -0.2) is 34.1 Å². The average Bonchev–Trinajstić information content (AvgIpc) is 2.96. The fraction of sp³-hybridized carbons (Fsp3) is 0.385. The van der Waals surface area contributed by atoms with Gasteiger partial charge in [0.15, 0.2) is 0 Å². The van der Waals surface area contributed by atoms with Crippen molar-refractivity contribution in [3.05, 3.63) is 30.0 Å². The Labute approximate surface area is 105 Å². The van der Waals surface area contributed by atoms with Crippen LogP contribution in [0.3, 0.4) is 0 Å². The van der Waals surface area contributed by atoms with Crippen LogP contribution in [0, 0.1) is 5.92 Å². The first-order valence-corrected chi connectivity index (χ1v) is 6.16. The lowest BCUT2D eigenvalue weighted by Gasteiger charge is -2.16. The second kappa shape index (κ2) is 4.42. The number of nitrogens with one attached hydrogen (secondary N) is 1. The molecule has 1 saturated heterocycles. The highest BCUT2D eigenvalue weighted by Crippen LogP contribution is 2.20. The predicted molar refractivity (Wildman–Crippen MR) is 68.7 cm³/mol. The molecule has 0 aliphatic carbocycles. The number of fused-ring (bicyclic) bond motifs is 1. The van der Waals surface area contributed by atoms with Gasteiger partial charge in [0.05, 0.1) is 11.7 Å². The molecule has 1 fully saturated rings. The van der Waals surface area contributed by atoms with E-state index in [-0.39, 0.29) is 5.91 Å². The fourth-order valence-electron chi connectivity index (χ4n) is 2.47. The summed E-state index contributed by atoms with van der Waals surface area (Å²) in [6.45, 7) is 2.02. The number of rotatable bonds is 3. The van der Waals surface area contributed by atoms with Crippen LogP contribution in [0.2, 0.25) is 0 Å². The van der Waals surface area contributed by atoms with Gasteiger partial charge in [0.2, 0.25) is 5.91 Å². The van der Waals surface area contributed by atoms with Crippen LogP contribution in [-0.2, 0) is 11.3 Å². The number of amides is 1. The first kappa shape index (κ1) is 11.2. The summed E-state index contributed by atoms with van der Waals surface area (Å²) < 4.78 is 0. The van der Waals surface area contributed by atoms with Crippen molar-refractivity contribution in [3.63, 3.8) is 0 Å². The molecule has 2 aromatic rings. The Balaban J connectivity index is 1.77. The van der Waals surface area contributed by atoms with E-state index in [0.717, 1.165) is 23.0 Å². The van der Waals surface area contributed by atoms with E-state index < -0.39 is 0 Å². The number of H-pyrrole nitrogens is 1. The molecule has 94 valence electrons. The standard InChI is InChI=1S/C13H16N4O/c14-5-10-4-13(18)17(8-10)7-9-1-2-11-6-15-16-12(11)3-9/h1-3,6,10H,4-5,7-8,14H2,(H,15,16). The van der Waals surface area contributed by atoms with Gasteiger partial charge in [-0.25, -0.2) is 0 Å². The van der Waals surface area contributed by atoms with Gasteiger partial charge in [-0.1, -0.05) is 12.1 Å². The molecule has 18 heavy (non-hydrogen) atoms. The Morgan fingerprint density at radius 1 is 1.50 bits per heavy atom. The third-order valence-electron chi connectivity index (χ3n) is 3.51. The Hall–Kier alpha value is -1.88. The molecule has 0 spiro atoms. The third-order valence-corrected chi connectivity index (χ3v) is 3.51. The number of hydrogen-bond donors (Lipinski definition) is 2. The summed E-state index contributed by atoms with van der Waals surface area (Å²) in [5, 5.41) is 8.02. The summed E-state index contributed by atoms with van der Waals surface area (Å²) in [6.07, 6.45) is 2.38. The summed E-state index contributed by atoms with van der Waals surface area (Å²) >= 11 is 0. The number of benzene rings is 1. The first-order valence-electron chi connectivity index (χ1n) is 6.16. The highest BCUT2D eigenvalue weighted by molar-refractivity contribution is 5.80. The molecule has 1 atom stereocenters. The Morgan fingerprint density at radius 3 is 3.17 bits per heavy atom. The molecule has 1 amide bonds. The van der Waals surface area contributed by atoms with Crippen LogP contribution in [0.15, 0.2) is 24.4 Å². The normalized spacial score (nSPS) is 19.9. The lowest BCUT2D eigenvalue weighted by Crippen LogP contribution is -2.25. The van der Waals surface area contributed by atoms with Gasteiger partial charge >= 0.3 is 0 Å². The molecular formula is C13H16N4O. The lowest BCUT2D eigenvalue weighted by molar-refractivity contribution is -0.128. The van der Waals surface area contributed by atoms with Gasteiger partial charge in [-0.15, -0.1) is 0 Å². The second-order valence-electron chi connectivity index (χ2n) is 4.87. The van der Waals surface area contributed by atoms with Crippen LogP contribution in [0.1, 0.15) is 12.0 Å². The molecule has 2 heterocycles. The smallest absolute Gasteiger partial charge is 0.223 e. The molecule has 1 aliphatic rings. The van der Waals surface area contributed by atoms with Gasteiger partial charge in [-0.05, 0) is 24.1 Å². The van der Waals surface area contributed by atoms with Gasteiger partial charge in [-0.3, -0.25) is 9.89 Å². The number of aromatic amines is 1. The van der Waals surface area contributed by atoms with Crippen molar-refractivity contribution in [3.8, 4) is 0 Å². The van der Waals surface area contributed by atoms with Crippen molar-refractivity contribution in [2.75, 3.05) is 13.1 Å². The largest absolute Gasteiger partial charge is 0.338 e. The van der Waals surface area contributed by atoms with Crippen molar-refractivity contribution in [1.29, 1.82) is 0 Å². The van der Waals surface area contributed by atoms with E-state index in [1.54, 1.807) is 6.20 Å². The molecule has 1 aromatic heterocycles. The summed E-state index contributed by atoms with van der Waals surface area (Å²) in [7, 11) is 0. The van der Waals surface area contributed by atoms with E-state index in [4.69, 9.17) is 5.73 Å². The van der Waals surface area contributed by atoms with Crippen molar-refractivity contribution < 1.29 is 4.79 Å². The Morgan fingerprint density at radius 2 is 2.39 bits per heavy atom. The molecule has 0 saturated carbocycles. The minimum atomic E-state index is 0.204. The molecule has 0 bridgehead atoms. The first-order chi connectivity index (χ1) is 8.76. The van der Waals surface area contributed by atoms with Gasteiger partial charge in [-0.2, -0.15) is 5.10 Å². The lowest BCUT2D eigenvalue weighted by atomic mass is 10.1. The summed E-state index contributed by atoms with van der Waals surface area (Å²) in [5.41, 5.74) is 7.75. The molecule has 5 nitrogen and oxygen atoms in total. The molecule has 1 aromatic carbocycles. The molecular weight excluding hydrogens is 228 g/mol. The van der Waals surface area contributed by atoms with Crippen LogP contribution in [0.4, 0.5) is 0 Å². The van der Waals surface area contributed by atoms with Gasteiger partial charge < -0.3 is 10.6 Å². The monoisotopic (exact) mass is 244 g/mol. The predicted octanol–water partition coefficient (Wildman–Crippen LogP) is 0.870. The number of hydrogen-bond acceptors (Lipinski definition) is 3. The maximum absolute atomic E-state index is 11.8. The van der Waals surface area contributed by atoms with Crippen LogP contribution in [0.25, 0.3) is 10.9 Å². The van der Waals surface area contributed by atoms with E-state index in [1.165, 1.54) is 0 Å². The minimum Gasteiger partial charge on any atom is -0.338 e. The fourth-order valence-corrected chi connectivity index (χ4v) is 2.47. The summed E-state index contributed by atoms with van der Waals surface area (Å²) in [6, 6.07) is 6.11. The highest BCUT2D eigenvalue weighted by Gasteiger charge is 2.28. The van der Waals surface area contributed by atoms with E-state index in [1.807, 2.05) is 23.1 Å². The van der Waals surface area contributed by atoms with Crippen molar-refractivity contribution >= 4 is 16.8 Å². The van der Waals surface area contributed by atoms with Crippen molar-refractivity contribution in [2.24, 2.45) is 11.7 Å². The molecule has 1 unspecified atom stereocenters. The topological polar surface area (TPSA) is 75.0 Å². The average molecular weight is 244 g/mol. The minimum absolute atomic E-state index is 0.204. The number of nitrogens with two attached hydrogens (primary N) is 1. The van der Waals surface area contributed by atoms with Crippen LogP contribution < -0.4 is 5.73 Å². The zero-order valence-electron chi connectivity index (χ0n) is 10.1. The van der Waals surface area contributed by atoms with E-state index >= 15 is 0 Å². The number of carbonyl (C=O) groups excluding carboxylic acids is 1. The quantitative estimate of drug-likeness (QED) is 0.841. The molecule has 0 radical (unpaired) electrons. The summed E-state index contributed by atoms with van der Waals surface area (Å²) in [4.78, 5) is 13.7. The van der Waals surface area contributed by atoms with Crippen molar-refractivity contribution in [1.82, 2.24) is 15.1 Å². The summed E-state index contributed by atoms with van der Waals surface area (Å²) in [5.74, 6) is 0.517. The molecule has 1 aliphatic heterocycles. The van der Waals surface area contributed by atoms with Gasteiger partial charge in [0, 0.05) is 24.9 Å².